The predicted octanol–water partition coefficient (Wildman–Crippen LogP) is 1.22. The molecule has 0 aromatic carbocycles. The van der Waals surface area contributed by atoms with E-state index in [1.807, 2.05) is 11.8 Å². The van der Waals surface area contributed by atoms with E-state index < -0.39 is 10.0 Å². The Morgan fingerprint density at radius 1 is 1.26 bits per heavy atom. The maximum absolute atomic E-state index is 12.4. The zero-order chi connectivity index (χ0) is 17.0. The smallest absolute Gasteiger partial charge is 0.252 e. The zero-order valence-electron chi connectivity index (χ0n) is 13.9. The van der Waals surface area contributed by atoms with Crippen LogP contribution in [-0.4, -0.2) is 62.3 Å². The van der Waals surface area contributed by atoms with Crippen molar-refractivity contribution >= 4 is 27.3 Å². The van der Waals surface area contributed by atoms with Crippen LogP contribution in [0.5, 0.6) is 0 Å². The Hall–Kier alpha value is -0.960. The molecule has 0 spiro atoms. The van der Waals surface area contributed by atoms with E-state index in [2.05, 4.69) is 19.2 Å². The summed E-state index contributed by atoms with van der Waals surface area (Å²) in [4.78, 5) is 14.0. The molecule has 1 amide bonds. The van der Waals surface area contributed by atoms with E-state index in [4.69, 9.17) is 0 Å². The fourth-order valence-corrected chi connectivity index (χ4v) is 4.90. The Kier molecular flexibility index (Phi) is 6.19. The van der Waals surface area contributed by atoms with Crippen molar-refractivity contribution in [1.82, 2.24) is 14.5 Å². The number of rotatable bonds is 6. The van der Waals surface area contributed by atoms with Crippen LogP contribution in [0.1, 0.15) is 20.8 Å². The minimum atomic E-state index is -3.38. The van der Waals surface area contributed by atoms with Gasteiger partial charge in [0.25, 0.3) is 10.0 Å². The summed E-state index contributed by atoms with van der Waals surface area (Å²) >= 11 is 1.24. The molecule has 1 saturated heterocycles. The molecule has 1 aliphatic heterocycles. The van der Waals surface area contributed by atoms with Crippen LogP contribution in [0, 0.1) is 5.92 Å². The van der Waals surface area contributed by atoms with Crippen molar-refractivity contribution in [1.29, 1.82) is 0 Å². The molecule has 0 aliphatic carbocycles. The lowest BCUT2D eigenvalue weighted by molar-refractivity contribution is -0.123. The molecule has 0 bridgehead atoms. The van der Waals surface area contributed by atoms with E-state index in [-0.39, 0.29) is 11.9 Å². The molecular weight excluding hydrogens is 334 g/mol. The number of nitrogens with zero attached hydrogens (tertiary/aromatic N) is 2. The summed E-state index contributed by atoms with van der Waals surface area (Å²) in [6, 6.07) is 3.52. The van der Waals surface area contributed by atoms with Gasteiger partial charge in [0.2, 0.25) is 5.91 Å². The highest BCUT2D eigenvalue weighted by Crippen LogP contribution is 2.21. The molecule has 1 unspecified atom stereocenters. The van der Waals surface area contributed by atoms with Gasteiger partial charge < -0.3 is 5.32 Å². The molecule has 1 aromatic heterocycles. The van der Waals surface area contributed by atoms with Crippen LogP contribution in [0.4, 0.5) is 0 Å². The molecule has 8 heteroatoms. The second-order valence-electron chi connectivity index (χ2n) is 6.21. The van der Waals surface area contributed by atoms with Crippen LogP contribution < -0.4 is 5.32 Å². The van der Waals surface area contributed by atoms with Gasteiger partial charge in [0.1, 0.15) is 4.21 Å². The quantitative estimate of drug-likeness (QED) is 0.829. The Morgan fingerprint density at radius 3 is 2.43 bits per heavy atom. The molecule has 0 radical (unpaired) electrons. The van der Waals surface area contributed by atoms with E-state index in [1.165, 1.54) is 15.6 Å². The van der Waals surface area contributed by atoms with Crippen molar-refractivity contribution in [3.8, 4) is 0 Å². The van der Waals surface area contributed by atoms with Gasteiger partial charge >= 0.3 is 0 Å². The molecule has 2 rings (SSSR count). The Labute approximate surface area is 142 Å². The molecule has 1 atom stereocenters. The van der Waals surface area contributed by atoms with E-state index >= 15 is 0 Å². The molecular formula is C15H25N3O3S2. The fraction of sp³-hybridized carbons (Fsp3) is 0.667. The van der Waals surface area contributed by atoms with Gasteiger partial charge in [-0.15, -0.1) is 11.3 Å². The first-order valence-corrected chi connectivity index (χ1v) is 10.2. The van der Waals surface area contributed by atoms with E-state index in [0.29, 0.717) is 42.9 Å². The van der Waals surface area contributed by atoms with E-state index in [9.17, 15) is 13.2 Å². The maximum Gasteiger partial charge on any atom is 0.252 e. The van der Waals surface area contributed by atoms with Crippen molar-refractivity contribution in [2.75, 3.05) is 32.7 Å². The van der Waals surface area contributed by atoms with Crippen LogP contribution in [0.15, 0.2) is 21.7 Å². The minimum absolute atomic E-state index is 0.000707. The zero-order valence-corrected chi connectivity index (χ0v) is 15.5. The Balaban J connectivity index is 1.83. The predicted molar refractivity (Wildman–Crippen MR) is 92.0 cm³/mol. The van der Waals surface area contributed by atoms with E-state index in [1.54, 1.807) is 17.5 Å². The average Bonchev–Trinajstić information content (AvgIpc) is 3.02. The molecule has 1 fully saturated rings. The highest BCUT2D eigenvalue weighted by molar-refractivity contribution is 7.91. The van der Waals surface area contributed by atoms with Gasteiger partial charge in [-0.1, -0.05) is 19.9 Å². The lowest BCUT2D eigenvalue weighted by Crippen LogP contribution is -2.51. The van der Waals surface area contributed by atoms with Crippen molar-refractivity contribution in [3.63, 3.8) is 0 Å². The molecule has 130 valence electrons. The third-order valence-electron chi connectivity index (χ3n) is 4.18. The largest absolute Gasteiger partial charge is 0.352 e. The number of carbonyl (C=O) groups excluding carboxylic acids is 1. The summed E-state index contributed by atoms with van der Waals surface area (Å²) in [6.07, 6.45) is 0. The monoisotopic (exact) mass is 359 g/mol. The Morgan fingerprint density at radius 2 is 1.91 bits per heavy atom. The van der Waals surface area contributed by atoms with Crippen LogP contribution >= 0.6 is 11.3 Å². The summed E-state index contributed by atoms with van der Waals surface area (Å²) < 4.78 is 26.8. The van der Waals surface area contributed by atoms with Gasteiger partial charge in [0.15, 0.2) is 0 Å². The van der Waals surface area contributed by atoms with Crippen LogP contribution in [0.25, 0.3) is 0 Å². The number of hydrogen-bond acceptors (Lipinski definition) is 5. The summed E-state index contributed by atoms with van der Waals surface area (Å²) in [6.45, 7) is 8.46. The van der Waals surface area contributed by atoms with Gasteiger partial charge in [-0.3, -0.25) is 9.69 Å². The number of thiophene rings is 1. The average molecular weight is 360 g/mol. The fourth-order valence-electron chi connectivity index (χ4n) is 2.33. The lowest BCUT2D eigenvalue weighted by Gasteiger charge is -2.33. The standard InChI is InChI=1S/C15H25N3O3S2/c1-12(2)13(3)16-14(19)11-17-6-8-18(9-7-17)23(20,21)15-5-4-10-22-15/h4-5,10,12-13H,6-9,11H2,1-3H3,(H,16,19). The second-order valence-corrected chi connectivity index (χ2v) is 9.32. The van der Waals surface area contributed by atoms with Gasteiger partial charge in [-0.05, 0) is 24.3 Å². The molecule has 1 aromatic rings. The topological polar surface area (TPSA) is 69.7 Å². The number of hydrogen-bond donors (Lipinski definition) is 1. The number of carbonyl (C=O) groups is 1. The second kappa shape index (κ2) is 7.74. The summed E-state index contributed by atoms with van der Waals surface area (Å²) in [7, 11) is -3.38. The lowest BCUT2D eigenvalue weighted by atomic mass is 10.1. The highest BCUT2D eigenvalue weighted by Gasteiger charge is 2.29. The first-order valence-electron chi connectivity index (χ1n) is 7.86. The third-order valence-corrected chi connectivity index (χ3v) is 7.45. The number of nitrogens with one attached hydrogen (secondary N) is 1. The molecule has 0 saturated carbocycles. The number of sulfonamides is 1. The molecule has 1 aliphatic rings. The summed E-state index contributed by atoms with van der Waals surface area (Å²) in [5.74, 6) is 0.396. The van der Waals surface area contributed by atoms with Gasteiger partial charge in [0.05, 0.1) is 6.54 Å². The molecule has 1 N–H and O–H groups in total. The van der Waals surface area contributed by atoms with Gasteiger partial charge in [-0.25, -0.2) is 8.42 Å². The van der Waals surface area contributed by atoms with Crippen molar-refractivity contribution in [2.24, 2.45) is 5.92 Å². The van der Waals surface area contributed by atoms with Crippen LogP contribution in [0.3, 0.4) is 0 Å². The SMILES string of the molecule is CC(C)C(C)NC(=O)CN1CCN(S(=O)(=O)c2cccs2)CC1. The molecule has 2 heterocycles. The normalized spacial score (nSPS) is 19.0. The van der Waals surface area contributed by atoms with Crippen molar-refractivity contribution < 1.29 is 13.2 Å². The number of piperazine rings is 1. The summed E-state index contributed by atoms with van der Waals surface area (Å²) in [5.41, 5.74) is 0. The first-order chi connectivity index (χ1) is 10.8. The van der Waals surface area contributed by atoms with E-state index in [0.717, 1.165) is 0 Å². The first kappa shape index (κ1) is 18.4. The highest BCUT2D eigenvalue weighted by atomic mass is 32.2. The van der Waals surface area contributed by atoms with Crippen molar-refractivity contribution in [2.45, 2.75) is 31.0 Å². The Bertz CT molecular complexity index is 606. The van der Waals surface area contributed by atoms with Gasteiger partial charge in [0, 0.05) is 32.2 Å². The maximum atomic E-state index is 12.4. The van der Waals surface area contributed by atoms with Crippen LogP contribution in [0.2, 0.25) is 0 Å². The van der Waals surface area contributed by atoms with Crippen LogP contribution in [-0.2, 0) is 14.8 Å². The summed E-state index contributed by atoms with van der Waals surface area (Å²) in [5, 5.41) is 4.75. The third kappa shape index (κ3) is 4.76. The van der Waals surface area contributed by atoms with Gasteiger partial charge in [-0.2, -0.15) is 4.31 Å². The minimum Gasteiger partial charge on any atom is -0.352 e. The number of amides is 1. The molecule has 23 heavy (non-hydrogen) atoms. The molecule has 6 nitrogen and oxygen atoms in total. The van der Waals surface area contributed by atoms with Crippen molar-refractivity contribution in [3.05, 3.63) is 17.5 Å².